The van der Waals surface area contributed by atoms with Gasteiger partial charge in [-0.1, -0.05) is 0 Å². The van der Waals surface area contributed by atoms with E-state index in [2.05, 4.69) is 10.6 Å². The minimum absolute atomic E-state index is 0.179. The number of rotatable bonds is 8. The zero-order valence-electron chi connectivity index (χ0n) is 18.3. The number of ketones is 2. The van der Waals surface area contributed by atoms with Crippen LogP contribution in [0.4, 0.5) is 20.2 Å². The Balaban J connectivity index is 2.24. The molecular formula is C22H26F2N3O4P. The summed E-state index contributed by atoms with van der Waals surface area (Å²) in [5, 5.41) is 26.0. The van der Waals surface area contributed by atoms with E-state index in [4.69, 9.17) is 0 Å². The first kappa shape index (κ1) is 23.9. The molecule has 7 nitrogen and oxygen atoms in total. The predicted molar refractivity (Wildman–Crippen MR) is 122 cm³/mol. The van der Waals surface area contributed by atoms with Crippen LogP contribution in [-0.4, -0.2) is 79.9 Å². The fourth-order valence-electron chi connectivity index (χ4n) is 3.57. The molecule has 172 valence electrons. The molecule has 0 radical (unpaired) electrons. The summed E-state index contributed by atoms with van der Waals surface area (Å²) < 4.78 is 30.3. The van der Waals surface area contributed by atoms with Crippen LogP contribution in [-0.2, 0) is 0 Å². The van der Waals surface area contributed by atoms with Crippen LogP contribution in [0.5, 0.6) is 11.5 Å². The van der Waals surface area contributed by atoms with Gasteiger partial charge in [-0.15, -0.1) is 7.92 Å². The lowest BCUT2D eigenvalue weighted by molar-refractivity contribution is 0.0974. The maximum absolute atomic E-state index is 15.2. The number of halogens is 2. The number of carbonyl (C=O) groups is 2. The summed E-state index contributed by atoms with van der Waals surface area (Å²) >= 11 is 0. The Morgan fingerprint density at radius 2 is 1.28 bits per heavy atom. The van der Waals surface area contributed by atoms with Gasteiger partial charge >= 0.3 is 0 Å². The molecule has 0 heterocycles. The molecule has 0 fully saturated rings. The molecule has 2 aromatic rings. The van der Waals surface area contributed by atoms with E-state index in [1.165, 1.54) is 0 Å². The van der Waals surface area contributed by atoms with E-state index < -0.39 is 57.2 Å². The van der Waals surface area contributed by atoms with Gasteiger partial charge < -0.3 is 25.7 Å². The Labute approximate surface area is 186 Å². The molecule has 0 atom stereocenters. The van der Waals surface area contributed by atoms with Crippen LogP contribution in [0.15, 0.2) is 12.1 Å². The molecule has 0 aromatic heterocycles. The number of anilines is 2. The van der Waals surface area contributed by atoms with E-state index in [9.17, 15) is 19.8 Å². The van der Waals surface area contributed by atoms with E-state index in [1.54, 1.807) is 14.1 Å². The molecule has 0 saturated heterocycles. The van der Waals surface area contributed by atoms with E-state index in [1.807, 2.05) is 18.2 Å². The number of carbonyl (C=O) groups excluding carboxylic acids is 2. The average molecular weight is 465 g/mol. The predicted octanol–water partition coefficient (Wildman–Crippen LogP) is 3.28. The van der Waals surface area contributed by atoms with Crippen LogP contribution in [0.25, 0.3) is 0 Å². The van der Waals surface area contributed by atoms with Gasteiger partial charge in [0.2, 0.25) is 11.6 Å². The molecule has 1 aliphatic carbocycles. The van der Waals surface area contributed by atoms with Crippen LogP contribution in [0.1, 0.15) is 31.8 Å². The van der Waals surface area contributed by atoms with Gasteiger partial charge in [0.15, 0.2) is 11.6 Å². The minimum atomic E-state index is -1.29. The first-order valence-electron chi connectivity index (χ1n) is 10.0. The second-order valence-electron chi connectivity index (χ2n) is 8.10. The van der Waals surface area contributed by atoms with Crippen molar-refractivity contribution in [3.63, 3.8) is 0 Å². The minimum Gasteiger partial charge on any atom is -0.507 e. The van der Waals surface area contributed by atoms with Crippen molar-refractivity contribution < 1.29 is 28.6 Å². The summed E-state index contributed by atoms with van der Waals surface area (Å²) in [6.07, 6.45) is 0.679. The number of phenols is 2. The van der Waals surface area contributed by atoms with Crippen LogP contribution in [0.3, 0.4) is 0 Å². The standard InChI is InChI=1S/C22H26F2N3O4P/c1-27(2)9-7-25-19-15-16(20(18(24)17(19)23)26-8-10-32(3)4)22(31)14-12(29)6-5-11(28)13(14)21(15)30/h5-6,25-26,28-29H,7-10H2,1-4H3. The van der Waals surface area contributed by atoms with Gasteiger partial charge in [-0.3, -0.25) is 9.59 Å². The number of fused-ring (bicyclic) bond motifs is 2. The van der Waals surface area contributed by atoms with Crippen LogP contribution in [0, 0.1) is 11.6 Å². The number of hydrogen-bond acceptors (Lipinski definition) is 7. The van der Waals surface area contributed by atoms with Crippen LogP contribution < -0.4 is 10.6 Å². The Morgan fingerprint density at radius 3 is 1.69 bits per heavy atom. The maximum atomic E-state index is 15.2. The highest BCUT2D eigenvalue weighted by atomic mass is 31.1. The molecule has 0 saturated carbocycles. The molecular weight excluding hydrogens is 439 g/mol. The Bertz CT molecular complexity index is 1010. The van der Waals surface area contributed by atoms with Gasteiger partial charge in [-0.2, -0.15) is 0 Å². The molecule has 3 rings (SSSR count). The maximum Gasteiger partial charge on any atom is 0.200 e. The number of likely N-dealkylation sites (N-methyl/N-ethyl adjacent to an activating group) is 1. The summed E-state index contributed by atoms with van der Waals surface area (Å²) in [5.74, 6) is -5.35. The number of aromatic hydroxyl groups is 2. The Hall–Kier alpha value is -2.77. The average Bonchev–Trinajstić information content (AvgIpc) is 2.71. The number of nitrogens with one attached hydrogen (secondary N) is 2. The lowest BCUT2D eigenvalue weighted by atomic mass is 9.81. The highest BCUT2D eigenvalue weighted by Crippen LogP contribution is 2.44. The van der Waals surface area contributed by atoms with Crippen molar-refractivity contribution in [1.82, 2.24) is 4.90 Å². The number of nitrogens with zero attached hydrogens (tertiary/aromatic N) is 1. The van der Waals surface area contributed by atoms with Crippen LogP contribution in [0.2, 0.25) is 0 Å². The third-order valence-corrected chi connectivity index (χ3v) is 6.29. The second-order valence-corrected chi connectivity index (χ2v) is 10.7. The molecule has 0 unspecified atom stereocenters. The van der Waals surface area contributed by atoms with Crippen molar-refractivity contribution >= 4 is 30.9 Å². The quantitative estimate of drug-likeness (QED) is 0.299. The van der Waals surface area contributed by atoms with Crippen molar-refractivity contribution in [2.24, 2.45) is 0 Å². The Kier molecular flexibility index (Phi) is 7.00. The number of phenolic OH excluding ortho intramolecular Hbond substituents is 2. The van der Waals surface area contributed by atoms with E-state index in [0.717, 1.165) is 12.1 Å². The first-order valence-corrected chi connectivity index (χ1v) is 12.4. The van der Waals surface area contributed by atoms with Crippen molar-refractivity contribution in [2.75, 3.05) is 63.9 Å². The van der Waals surface area contributed by atoms with Crippen LogP contribution >= 0.6 is 7.92 Å². The topological polar surface area (TPSA) is 102 Å². The van der Waals surface area contributed by atoms with Crippen molar-refractivity contribution in [3.8, 4) is 11.5 Å². The Morgan fingerprint density at radius 1 is 0.844 bits per heavy atom. The molecule has 10 heteroatoms. The summed E-state index contributed by atoms with van der Waals surface area (Å²) in [6, 6.07) is 2.16. The highest BCUT2D eigenvalue weighted by Gasteiger charge is 2.41. The fraction of sp³-hybridized carbons (Fsp3) is 0.364. The summed E-state index contributed by atoms with van der Waals surface area (Å²) in [6.45, 7) is 4.95. The van der Waals surface area contributed by atoms with E-state index >= 15 is 8.78 Å². The molecule has 2 aromatic carbocycles. The molecule has 0 bridgehead atoms. The van der Waals surface area contributed by atoms with Gasteiger partial charge in [0, 0.05) is 19.6 Å². The first-order chi connectivity index (χ1) is 15.1. The van der Waals surface area contributed by atoms with Gasteiger partial charge in [-0.05, 0) is 45.7 Å². The lowest BCUT2D eigenvalue weighted by Gasteiger charge is -2.26. The smallest absolute Gasteiger partial charge is 0.200 e. The molecule has 0 amide bonds. The highest BCUT2D eigenvalue weighted by molar-refractivity contribution is 7.56. The third kappa shape index (κ3) is 4.27. The van der Waals surface area contributed by atoms with E-state index in [-0.39, 0.29) is 32.1 Å². The zero-order chi connectivity index (χ0) is 23.7. The normalized spacial score (nSPS) is 12.9. The molecule has 0 spiro atoms. The van der Waals surface area contributed by atoms with Crippen molar-refractivity contribution in [2.45, 2.75) is 0 Å². The third-order valence-electron chi connectivity index (χ3n) is 5.17. The van der Waals surface area contributed by atoms with Gasteiger partial charge in [0.25, 0.3) is 0 Å². The SMILES string of the molecule is CN(C)CCNc1c(F)c(F)c(NCCP(C)C)c2c1C(=O)c1c(O)ccc(O)c1C2=O. The summed E-state index contributed by atoms with van der Waals surface area (Å²) in [7, 11) is 3.25. The number of benzene rings is 2. The molecule has 0 aliphatic heterocycles. The van der Waals surface area contributed by atoms with Gasteiger partial charge in [-0.25, -0.2) is 8.78 Å². The molecule has 1 aliphatic rings. The molecule has 32 heavy (non-hydrogen) atoms. The van der Waals surface area contributed by atoms with Gasteiger partial charge in [0.05, 0.1) is 33.6 Å². The molecule has 4 N–H and O–H groups in total. The largest absolute Gasteiger partial charge is 0.507 e. The summed E-state index contributed by atoms with van der Waals surface area (Å²) in [4.78, 5) is 28.5. The lowest BCUT2D eigenvalue weighted by Crippen LogP contribution is -2.28. The van der Waals surface area contributed by atoms with Crippen molar-refractivity contribution in [1.29, 1.82) is 0 Å². The van der Waals surface area contributed by atoms with Crippen molar-refractivity contribution in [3.05, 3.63) is 46.0 Å². The summed E-state index contributed by atoms with van der Waals surface area (Å²) in [5.41, 5.74) is -2.43. The monoisotopic (exact) mass is 465 g/mol. The van der Waals surface area contributed by atoms with E-state index in [0.29, 0.717) is 12.7 Å². The fourth-order valence-corrected chi connectivity index (χ4v) is 4.13. The second kappa shape index (κ2) is 9.38. The number of hydrogen-bond donors (Lipinski definition) is 4. The zero-order valence-corrected chi connectivity index (χ0v) is 19.2. The van der Waals surface area contributed by atoms with Gasteiger partial charge in [0.1, 0.15) is 11.5 Å².